The van der Waals surface area contributed by atoms with Crippen LogP contribution in [0.3, 0.4) is 0 Å². The van der Waals surface area contributed by atoms with E-state index in [0.717, 1.165) is 12.8 Å². The van der Waals surface area contributed by atoms with Gasteiger partial charge in [0.05, 0.1) is 24.6 Å². The molecule has 8 nitrogen and oxygen atoms in total. The molecule has 3 rings (SSSR count). The fraction of sp³-hybridized carbons (Fsp3) is 0.545. The Morgan fingerprint density at radius 3 is 2.35 bits per heavy atom. The lowest BCUT2D eigenvalue weighted by molar-refractivity contribution is -0.146. The number of likely N-dealkylation sites (tertiary alicyclic amines) is 1. The zero-order chi connectivity index (χ0) is 22.5. The number of ether oxygens (including phenoxy) is 1. The van der Waals surface area contributed by atoms with E-state index in [-0.39, 0.29) is 29.6 Å². The monoisotopic (exact) mass is 447 g/mol. The molecule has 2 fully saturated rings. The van der Waals surface area contributed by atoms with Gasteiger partial charge in [-0.25, -0.2) is 0 Å². The van der Waals surface area contributed by atoms with Crippen molar-refractivity contribution in [3.05, 3.63) is 18.2 Å². The van der Waals surface area contributed by atoms with Crippen LogP contribution >= 0.6 is 11.8 Å². The number of hydrogen-bond acceptors (Lipinski definition) is 6. The summed E-state index contributed by atoms with van der Waals surface area (Å²) >= 11 is 1.56. The van der Waals surface area contributed by atoms with E-state index in [2.05, 4.69) is 10.6 Å². The highest BCUT2D eigenvalue weighted by atomic mass is 32.2. The summed E-state index contributed by atoms with van der Waals surface area (Å²) in [4.78, 5) is 52.0. The van der Waals surface area contributed by atoms with Crippen LogP contribution in [-0.4, -0.2) is 53.7 Å². The first kappa shape index (κ1) is 23.1. The highest BCUT2D eigenvalue weighted by Crippen LogP contribution is 2.39. The minimum absolute atomic E-state index is 0.227. The van der Waals surface area contributed by atoms with Gasteiger partial charge in [-0.3, -0.25) is 24.1 Å². The molecule has 3 unspecified atom stereocenters. The standard InChI is InChI=1S/C22H29N3O5S/c1-13(26)23-14-8-9-19(30-2)17(12-14)24-20(27)18(10-11-31-3)25-21(28)15-6-4-5-7-16(15)22(25)29/h8-9,12,15-16,18H,4-7,10-11H2,1-3H3,(H,23,26)(H,24,27). The van der Waals surface area contributed by atoms with Gasteiger partial charge in [-0.2, -0.15) is 11.8 Å². The Balaban J connectivity index is 1.86. The van der Waals surface area contributed by atoms with E-state index in [0.29, 0.717) is 42.1 Å². The highest BCUT2D eigenvalue weighted by Gasteiger charge is 2.51. The van der Waals surface area contributed by atoms with E-state index in [4.69, 9.17) is 4.74 Å². The summed E-state index contributed by atoms with van der Waals surface area (Å²) in [5, 5.41) is 5.48. The summed E-state index contributed by atoms with van der Waals surface area (Å²) < 4.78 is 5.33. The number of thioether (sulfide) groups is 1. The zero-order valence-electron chi connectivity index (χ0n) is 18.1. The Hall–Kier alpha value is -2.55. The second kappa shape index (κ2) is 10.2. The van der Waals surface area contributed by atoms with E-state index in [1.807, 2.05) is 6.26 Å². The molecule has 3 atom stereocenters. The summed E-state index contributed by atoms with van der Waals surface area (Å²) in [6.45, 7) is 1.39. The molecule has 1 saturated carbocycles. The third-order valence-corrected chi connectivity index (χ3v) is 6.51. The summed E-state index contributed by atoms with van der Waals surface area (Å²) in [6.07, 6.45) is 5.57. The summed E-state index contributed by atoms with van der Waals surface area (Å²) in [5.74, 6) is -0.688. The molecule has 9 heteroatoms. The van der Waals surface area contributed by atoms with Crippen LogP contribution < -0.4 is 15.4 Å². The number of rotatable bonds is 8. The SMILES string of the molecule is COc1ccc(NC(C)=O)cc1NC(=O)C(CCSC)N1C(=O)C2CCCCC2C1=O. The normalized spacial score (nSPS) is 21.5. The van der Waals surface area contributed by atoms with E-state index in [1.165, 1.54) is 18.9 Å². The van der Waals surface area contributed by atoms with Gasteiger partial charge in [-0.15, -0.1) is 0 Å². The maximum Gasteiger partial charge on any atom is 0.247 e. The van der Waals surface area contributed by atoms with Crippen molar-refractivity contribution in [1.29, 1.82) is 0 Å². The Bertz CT molecular complexity index is 851. The van der Waals surface area contributed by atoms with Gasteiger partial charge in [0, 0.05) is 12.6 Å². The third-order valence-electron chi connectivity index (χ3n) is 5.86. The Labute approximate surface area is 186 Å². The van der Waals surface area contributed by atoms with Gasteiger partial charge in [0.15, 0.2) is 0 Å². The van der Waals surface area contributed by atoms with Gasteiger partial charge in [-0.1, -0.05) is 12.8 Å². The number of amides is 4. The topological polar surface area (TPSA) is 105 Å². The van der Waals surface area contributed by atoms with E-state index < -0.39 is 11.9 Å². The van der Waals surface area contributed by atoms with Gasteiger partial charge in [0.2, 0.25) is 23.6 Å². The van der Waals surface area contributed by atoms with Gasteiger partial charge < -0.3 is 15.4 Å². The van der Waals surface area contributed by atoms with Crippen molar-refractivity contribution in [2.24, 2.45) is 11.8 Å². The molecular formula is C22H29N3O5S. The molecule has 1 aliphatic carbocycles. The number of fused-ring (bicyclic) bond motifs is 1. The Kier molecular flexibility index (Phi) is 7.59. The van der Waals surface area contributed by atoms with Crippen LogP contribution in [-0.2, 0) is 19.2 Å². The number of carbonyl (C=O) groups is 4. The first-order valence-electron chi connectivity index (χ1n) is 10.5. The molecule has 168 valence electrons. The molecule has 2 N–H and O–H groups in total. The molecule has 0 aromatic heterocycles. The number of nitrogens with zero attached hydrogens (tertiary/aromatic N) is 1. The molecule has 1 heterocycles. The molecule has 1 saturated heterocycles. The van der Waals surface area contributed by atoms with Gasteiger partial charge in [0.25, 0.3) is 0 Å². The lowest BCUT2D eigenvalue weighted by Gasteiger charge is -2.26. The lowest BCUT2D eigenvalue weighted by Crippen LogP contribution is -2.48. The molecule has 31 heavy (non-hydrogen) atoms. The second-order valence-corrected chi connectivity index (χ2v) is 8.91. The molecule has 0 radical (unpaired) electrons. The van der Waals surface area contributed by atoms with Crippen LogP contribution in [0.4, 0.5) is 11.4 Å². The minimum atomic E-state index is -0.882. The molecule has 1 aliphatic heterocycles. The Morgan fingerprint density at radius 1 is 1.16 bits per heavy atom. The molecule has 2 aliphatic rings. The van der Waals surface area contributed by atoms with Gasteiger partial charge in [0.1, 0.15) is 11.8 Å². The van der Waals surface area contributed by atoms with Crippen molar-refractivity contribution in [3.8, 4) is 5.75 Å². The van der Waals surface area contributed by atoms with Crippen LogP contribution in [0.25, 0.3) is 0 Å². The fourth-order valence-electron chi connectivity index (χ4n) is 4.40. The number of nitrogens with one attached hydrogen (secondary N) is 2. The van der Waals surface area contributed by atoms with Crippen molar-refractivity contribution in [1.82, 2.24) is 4.90 Å². The summed E-state index contributed by atoms with van der Waals surface area (Å²) in [6, 6.07) is 4.02. The number of carbonyl (C=O) groups excluding carboxylic acids is 4. The van der Waals surface area contributed by atoms with Crippen molar-refractivity contribution in [2.75, 3.05) is 29.8 Å². The molecule has 4 amide bonds. The first-order valence-corrected chi connectivity index (χ1v) is 11.9. The first-order chi connectivity index (χ1) is 14.9. The number of imide groups is 1. The number of hydrogen-bond donors (Lipinski definition) is 2. The molecule has 1 aromatic rings. The van der Waals surface area contributed by atoms with Crippen LogP contribution in [0.1, 0.15) is 39.0 Å². The van der Waals surface area contributed by atoms with Crippen molar-refractivity contribution in [2.45, 2.75) is 45.1 Å². The molecule has 0 spiro atoms. The number of methoxy groups -OCH3 is 1. The zero-order valence-corrected chi connectivity index (χ0v) is 18.9. The van der Waals surface area contributed by atoms with E-state index in [9.17, 15) is 19.2 Å². The van der Waals surface area contributed by atoms with Crippen molar-refractivity contribution < 1.29 is 23.9 Å². The van der Waals surface area contributed by atoms with Crippen LogP contribution in [0.5, 0.6) is 5.75 Å². The predicted octanol–water partition coefficient (Wildman–Crippen LogP) is 2.89. The smallest absolute Gasteiger partial charge is 0.247 e. The van der Waals surface area contributed by atoms with Gasteiger partial charge >= 0.3 is 0 Å². The second-order valence-electron chi connectivity index (χ2n) is 7.93. The largest absolute Gasteiger partial charge is 0.495 e. The molecule has 0 bridgehead atoms. The van der Waals surface area contributed by atoms with Crippen LogP contribution in [0.2, 0.25) is 0 Å². The quantitative estimate of drug-likeness (QED) is 0.594. The van der Waals surface area contributed by atoms with Crippen molar-refractivity contribution >= 4 is 46.8 Å². The number of benzene rings is 1. The van der Waals surface area contributed by atoms with Crippen molar-refractivity contribution in [3.63, 3.8) is 0 Å². The molecular weight excluding hydrogens is 418 g/mol. The summed E-state index contributed by atoms with van der Waals surface area (Å²) in [7, 11) is 1.48. The summed E-state index contributed by atoms with van der Waals surface area (Å²) in [5.41, 5.74) is 0.869. The Morgan fingerprint density at radius 2 is 1.81 bits per heavy atom. The van der Waals surface area contributed by atoms with E-state index in [1.54, 1.807) is 30.0 Å². The molecule has 1 aromatic carbocycles. The predicted molar refractivity (Wildman–Crippen MR) is 120 cm³/mol. The van der Waals surface area contributed by atoms with Crippen LogP contribution in [0.15, 0.2) is 18.2 Å². The highest BCUT2D eigenvalue weighted by molar-refractivity contribution is 7.98. The number of anilines is 2. The van der Waals surface area contributed by atoms with Gasteiger partial charge in [-0.05, 0) is 49.5 Å². The maximum atomic E-state index is 13.3. The lowest BCUT2D eigenvalue weighted by atomic mass is 9.81. The van der Waals surface area contributed by atoms with E-state index >= 15 is 0 Å². The average Bonchev–Trinajstić information content (AvgIpc) is 2.99. The average molecular weight is 448 g/mol. The third kappa shape index (κ3) is 5.03. The van der Waals surface area contributed by atoms with Crippen LogP contribution in [0, 0.1) is 11.8 Å². The minimum Gasteiger partial charge on any atom is -0.495 e. The maximum absolute atomic E-state index is 13.3. The fourth-order valence-corrected chi connectivity index (χ4v) is 4.86.